The Balaban J connectivity index is 2.06. The summed E-state index contributed by atoms with van der Waals surface area (Å²) in [7, 11) is 0. The van der Waals surface area contributed by atoms with E-state index < -0.39 is 0 Å². The molecule has 3 heteroatoms. The second-order valence-electron chi connectivity index (χ2n) is 5.02. The normalized spacial score (nSPS) is 20.8. The van der Waals surface area contributed by atoms with Crippen LogP contribution in [0.5, 0.6) is 11.5 Å². The smallest absolute Gasteiger partial charge is 0.161 e. The van der Waals surface area contributed by atoms with Gasteiger partial charge >= 0.3 is 0 Å². The van der Waals surface area contributed by atoms with Crippen LogP contribution in [0.2, 0.25) is 0 Å². The summed E-state index contributed by atoms with van der Waals surface area (Å²) in [6, 6.07) is 4.22. The van der Waals surface area contributed by atoms with Crippen LogP contribution in [0.25, 0.3) is 0 Å². The lowest BCUT2D eigenvalue weighted by molar-refractivity contribution is 0.297. The molecule has 1 aromatic carbocycles. The molecule has 0 radical (unpaired) electrons. The minimum absolute atomic E-state index is 0.101. The van der Waals surface area contributed by atoms with Gasteiger partial charge in [0, 0.05) is 12.0 Å². The summed E-state index contributed by atoms with van der Waals surface area (Å²) in [5.74, 6) is 1.75. The Morgan fingerprint density at radius 1 is 1.18 bits per heavy atom. The summed E-state index contributed by atoms with van der Waals surface area (Å²) >= 11 is 0. The van der Waals surface area contributed by atoms with Gasteiger partial charge in [-0.2, -0.15) is 0 Å². The number of hydrogen-bond acceptors (Lipinski definition) is 3. The molecule has 0 spiro atoms. The largest absolute Gasteiger partial charge is 0.490 e. The van der Waals surface area contributed by atoms with Crippen molar-refractivity contribution in [2.24, 2.45) is 5.73 Å². The molecular weight excluding hydrogens is 214 g/mol. The van der Waals surface area contributed by atoms with Gasteiger partial charge in [-0.1, -0.05) is 6.92 Å². The number of hydrogen-bond donors (Lipinski definition) is 1. The lowest BCUT2D eigenvalue weighted by Gasteiger charge is -2.18. The first-order chi connectivity index (χ1) is 8.23. The summed E-state index contributed by atoms with van der Waals surface area (Å²) in [6.45, 7) is 3.63. The van der Waals surface area contributed by atoms with E-state index in [4.69, 9.17) is 15.2 Å². The highest BCUT2D eigenvalue weighted by Gasteiger charge is 2.42. The molecule has 1 heterocycles. The maximum atomic E-state index is 6.32. The first-order valence-electron chi connectivity index (χ1n) is 6.45. The number of nitrogens with two attached hydrogens (primary N) is 1. The monoisotopic (exact) mass is 233 g/mol. The van der Waals surface area contributed by atoms with Crippen molar-refractivity contribution in [3.05, 3.63) is 23.3 Å². The Kier molecular flexibility index (Phi) is 2.51. The highest BCUT2D eigenvalue weighted by atomic mass is 16.5. The van der Waals surface area contributed by atoms with Crippen LogP contribution in [-0.4, -0.2) is 13.2 Å². The van der Waals surface area contributed by atoms with E-state index in [2.05, 4.69) is 19.1 Å². The van der Waals surface area contributed by atoms with Crippen LogP contribution in [0.3, 0.4) is 0 Å². The van der Waals surface area contributed by atoms with Crippen molar-refractivity contribution in [3.8, 4) is 11.5 Å². The van der Waals surface area contributed by atoms with Crippen molar-refractivity contribution in [3.63, 3.8) is 0 Å². The van der Waals surface area contributed by atoms with E-state index in [-0.39, 0.29) is 5.54 Å². The van der Waals surface area contributed by atoms with E-state index in [9.17, 15) is 0 Å². The van der Waals surface area contributed by atoms with Crippen molar-refractivity contribution in [1.82, 2.24) is 0 Å². The molecule has 1 saturated carbocycles. The average molecular weight is 233 g/mol. The molecule has 1 aliphatic carbocycles. The SMILES string of the molecule is CCc1cc2c(cc1C1(N)CC1)OCCCO2. The number of fused-ring (bicyclic) bond motifs is 1. The lowest BCUT2D eigenvalue weighted by Crippen LogP contribution is -2.20. The summed E-state index contributed by atoms with van der Waals surface area (Å²) < 4.78 is 11.4. The molecule has 1 aromatic rings. The third-order valence-electron chi connectivity index (χ3n) is 3.68. The lowest BCUT2D eigenvalue weighted by atomic mass is 9.96. The van der Waals surface area contributed by atoms with Gasteiger partial charge in [0.1, 0.15) is 0 Å². The van der Waals surface area contributed by atoms with Crippen LogP contribution >= 0.6 is 0 Å². The molecule has 3 nitrogen and oxygen atoms in total. The van der Waals surface area contributed by atoms with Gasteiger partial charge in [0.15, 0.2) is 11.5 Å². The zero-order valence-corrected chi connectivity index (χ0v) is 10.3. The first kappa shape index (κ1) is 10.9. The molecule has 3 rings (SSSR count). The van der Waals surface area contributed by atoms with Crippen LogP contribution in [-0.2, 0) is 12.0 Å². The maximum Gasteiger partial charge on any atom is 0.161 e. The van der Waals surface area contributed by atoms with Crippen LogP contribution in [0.4, 0.5) is 0 Å². The molecule has 0 bridgehead atoms. The van der Waals surface area contributed by atoms with E-state index in [1.54, 1.807) is 0 Å². The molecule has 0 amide bonds. The minimum atomic E-state index is -0.101. The van der Waals surface area contributed by atoms with Gasteiger partial charge in [0.05, 0.1) is 13.2 Å². The zero-order valence-electron chi connectivity index (χ0n) is 10.3. The fourth-order valence-corrected chi connectivity index (χ4v) is 2.41. The van der Waals surface area contributed by atoms with Gasteiger partial charge in [0.2, 0.25) is 0 Å². The molecular formula is C14H19NO2. The first-order valence-corrected chi connectivity index (χ1v) is 6.45. The molecule has 0 aromatic heterocycles. The molecule has 1 aliphatic heterocycles. The standard InChI is InChI=1S/C14H19NO2/c1-2-10-8-12-13(17-7-3-6-16-12)9-11(10)14(15)4-5-14/h8-9H,2-7,15H2,1H3. The van der Waals surface area contributed by atoms with E-state index in [1.807, 2.05) is 0 Å². The van der Waals surface area contributed by atoms with Crippen LogP contribution in [0.15, 0.2) is 12.1 Å². The molecule has 17 heavy (non-hydrogen) atoms. The van der Waals surface area contributed by atoms with Gasteiger partial charge in [-0.05, 0) is 42.5 Å². The summed E-state index contributed by atoms with van der Waals surface area (Å²) in [5, 5.41) is 0. The molecule has 1 fully saturated rings. The van der Waals surface area contributed by atoms with Gasteiger partial charge < -0.3 is 15.2 Å². The second-order valence-corrected chi connectivity index (χ2v) is 5.02. The molecule has 92 valence electrons. The molecule has 0 unspecified atom stereocenters. The fourth-order valence-electron chi connectivity index (χ4n) is 2.41. The Morgan fingerprint density at radius 2 is 1.82 bits per heavy atom. The van der Waals surface area contributed by atoms with Crippen molar-refractivity contribution in [1.29, 1.82) is 0 Å². The second kappa shape index (κ2) is 3.91. The van der Waals surface area contributed by atoms with E-state index in [0.29, 0.717) is 0 Å². The third kappa shape index (κ3) is 1.89. The van der Waals surface area contributed by atoms with Crippen molar-refractivity contribution >= 4 is 0 Å². The summed E-state index contributed by atoms with van der Waals surface area (Å²) in [6.07, 6.45) is 4.10. The quantitative estimate of drug-likeness (QED) is 0.852. The zero-order chi connectivity index (χ0) is 11.9. The minimum Gasteiger partial charge on any atom is -0.490 e. The van der Waals surface area contributed by atoms with E-state index in [0.717, 1.165) is 50.4 Å². The number of aryl methyl sites for hydroxylation is 1. The maximum absolute atomic E-state index is 6.32. The predicted octanol–water partition coefficient (Wildman–Crippen LogP) is 2.36. The van der Waals surface area contributed by atoms with Crippen LogP contribution in [0, 0.1) is 0 Å². The molecule has 2 aliphatic rings. The van der Waals surface area contributed by atoms with E-state index in [1.165, 1.54) is 11.1 Å². The van der Waals surface area contributed by atoms with Crippen molar-refractivity contribution in [2.75, 3.05) is 13.2 Å². The van der Waals surface area contributed by atoms with Crippen LogP contribution in [0.1, 0.15) is 37.3 Å². The Bertz CT molecular complexity index is 438. The van der Waals surface area contributed by atoms with Crippen molar-refractivity contribution in [2.45, 2.75) is 38.1 Å². The van der Waals surface area contributed by atoms with Gasteiger partial charge in [0.25, 0.3) is 0 Å². The Morgan fingerprint density at radius 3 is 2.41 bits per heavy atom. The third-order valence-corrected chi connectivity index (χ3v) is 3.68. The summed E-state index contributed by atoms with van der Waals surface area (Å²) in [5.41, 5.74) is 8.77. The predicted molar refractivity (Wildman–Crippen MR) is 66.5 cm³/mol. The van der Waals surface area contributed by atoms with Gasteiger partial charge in [-0.25, -0.2) is 0 Å². The number of rotatable bonds is 2. The van der Waals surface area contributed by atoms with Gasteiger partial charge in [-0.15, -0.1) is 0 Å². The molecule has 0 saturated heterocycles. The van der Waals surface area contributed by atoms with Gasteiger partial charge in [-0.3, -0.25) is 0 Å². The number of ether oxygens (including phenoxy) is 2. The number of benzene rings is 1. The van der Waals surface area contributed by atoms with E-state index >= 15 is 0 Å². The summed E-state index contributed by atoms with van der Waals surface area (Å²) in [4.78, 5) is 0. The molecule has 2 N–H and O–H groups in total. The highest BCUT2D eigenvalue weighted by molar-refractivity contribution is 5.51. The topological polar surface area (TPSA) is 44.5 Å². The Labute approximate surface area is 102 Å². The molecule has 0 atom stereocenters. The average Bonchev–Trinajstić information content (AvgIpc) is 3.11. The highest BCUT2D eigenvalue weighted by Crippen LogP contribution is 2.47. The van der Waals surface area contributed by atoms with Crippen molar-refractivity contribution < 1.29 is 9.47 Å². The van der Waals surface area contributed by atoms with Crippen LogP contribution < -0.4 is 15.2 Å². The Hall–Kier alpha value is -1.22. The fraction of sp³-hybridized carbons (Fsp3) is 0.571.